The predicted molar refractivity (Wildman–Crippen MR) is 118 cm³/mol. The lowest BCUT2D eigenvalue weighted by Crippen LogP contribution is -2.37. The summed E-state index contributed by atoms with van der Waals surface area (Å²) >= 11 is 0. The highest BCUT2D eigenvalue weighted by Crippen LogP contribution is 2.17. The number of hydrogen-bond donors (Lipinski definition) is 2. The van der Waals surface area contributed by atoms with Gasteiger partial charge >= 0.3 is 0 Å². The van der Waals surface area contributed by atoms with Crippen LogP contribution in [-0.4, -0.2) is 54.3 Å². The van der Waals surface area contributed by atoms with Gasteiger partial charge in [-0.1, -0.05) is 24.3 Å². The molecule has 0 aliphatic carbocycles. The molecule has 0 amide bonds. The Balaban J connectivity index is 1.41. The van der Waals surface area contributed by atoms with E-state index in [1.807, 2.05) is 48.5 Å². The van der Waals surface area contributed by atoms with E-state index < -0.39 is 0 Å². The van der Waals surface area contributed by atoms with Crippen LogP contribution in [0.25, 0.3) is 22.8 Å². The first-order valence-corrected chi connectivity index (χ1v) is 10.2. The first-order chi connectivity index (χ1) is 14.7. The number of nitrogens with two attached hydrogens (primary N) is 1. The maximum Gasteiger partial charge on any atom is 0.276 e. The minimum absolute atomic E-state index is 0.213. The number of ether oxygens (including phenoxy) is 2. The van der Waals surface area contributed by atoms with E-state index >= 15 is 0 Å². The van der Waals surface area contributed by atoms with Crippen LogP contribution in [0.4, 0.5) is 0 Å². The van der Waals surface area contributed by atoms with Gasteiger partial charge < -0.3 is 20.2 Å². The van der Waals surface area contributed by atoms with Crippen molar-refractivity contribution in [1.29, 1.82) is 0 Å². The Labute approximate surface area is 175 Å². The Kier molecular flexibility index (Phi) is 6.41. The van der Waals surface area contributed by atoms with Crippen molar-refractivity contribution in [3.63, 3.8) is 0 Å². The molecule has 0 unspecified atom stereocenters. The fourth-order valence-electron chi connectivity index (χ4n) is 3.47. The van der Waals surface area contributed by atoms with Crippen LogP contribution in [0.2, 0.25) is 0 Å². The first-order valence-electron chi connectivity index (χ1n) is 10.2. The van der Waals surface area contributed by atoms with Gasteiger partial charge in [0.15, 0.2) is 5.69 Å². The number of nitrogens with zero attached hydrogens (tertiary/aromatic N) is 2. The van der Waals surface area contributed by atoms with Gasteiger partial charge in [-0.3, -0.25) is 9.69 Å². The molecule has 0 radical (unpaired) electrons. The first kappa shape index (κ1) is 20.1. The molecule has 1 aliphatic rings. The van der Waals surface area contributed by atoms with Crippen LogP contribution in [0.1, 0.15) is 17.7 Å². The quantitative estimate of drug-likeness (QED) is 0.586. The number of aromatic nitrogens is 2. The number of aromatic amines is 1. The summed E-state index contributed by atoms with van der Waals surface area (Å²) < 4.78 is 11.3. The van der Waals surface area contributed by atoms with Crippen LogP contribution in [0.5, 0.6) is 5.75 Å². The van der Waals surface area contributed by atoms with Crippen molar-refractivity contribution in [2.24, 2.45) is 5.73 Å². The molecule has 30 heavy (non-hydrogen) atoms. The molecule has 1 fully saturated rings. The van der Waals surface area contributed by atoms with Crippen molar-refractivity contribution >= 4 is 22.8 Å². The van der Waals surface area contributed by atoms with E-state index in [2.05, 4.69) is 14.9 Å². The third-order valence-corrected chi connectivity index (χ3v) is 5.04. The normalized spacial score (nSPS) is 15.4. The third-order valence-electron chi connectivity index (χ3n) is 5.04. The Bertz CT molecular complexity index is 1090. The van der Waals surface area contributed by atoms with Gasteiger partial charge in [0, 0.05) is 19.6 Å². The van der Waals surface area contributed by atoms with Gasteiger partial charge in [0.2, 0.25) is 0 Å². The van der Waals surface area contributed by atoms with E-state index in [-0.39, 0.29) is 11.3 Å². The molecule has 0 spiro atoms. The van der Waals surface area contributed by atoms with Gasteiger partial charge in [-0.25, -0.2) is 4.98 Å². The molecule has 7 heteroatoms. The van der Waals surface area contributed by atoms with Gasteiger partial charge in [0.25, 0.3) is 5.56 Å². The van der Waals surface area contributed by atoms with Crippen molar-refractivity contribution in [2.75, 3.05) is 39.5 Å². The smallest absolute Gasteiger partial charge is 0.276 e. The number of benzene rings is 2. The lowest BCUT2D eigenvalue weighted by Gasteiger charge is -2.26. The number of morpholine rings is 1. The minimum atomic E-state index is -0.307. The van der Waals surface area contributed by atoms with Crippen LogP contribution in [0, 0.1) is 0 Å². The third kappa shape index (κ3) is 5.06. The van der Waals surface area contributed by atoms with Crippen LogP contribution in [0.15, 0.2) is 53.3 Å². The SMILES string of the molecule is N/C(=C\c1cccc(OCCCN2CCOCC2)c1)c1nc2ccccc2[nH]c1=O. The lowest BCUT2D eigenvalue weighted by atomic mass is 10.1. The van der Waals surface area contributed by atoms with E-state index in [1.165, 1.54) is 0 Å². The number of para-hydroxylation sites is 2. The van der Waals surface area contributed by atoms with E-state index in [9.17, 15) is 4.79 Å². The molecular weight excluding hydrogens is 380 g/mol. The van der Waals surface area contributed by atoms with E-state index in [0.717, 1.165) is 50.6 Å². The molecule has 0 bridgehead atoms. The summed E-state index contributed by atoms with van der Waals surface area (Å²) in [7, 11) is 0. The number of nitrogens with one attached hydrogen (secondary N) is 1. The number of rotatable bonds is 7. The zero-order valence-electron chi connectivity index (χ0n) is 16.8. The Morgan fingerprint density at radius 3 is 2.90 bits per heavy atom. The molecule has 2 heterocycles. The largest absolute Gasteiger partial charge is 0.494 e. The van der Waals surface area contributed by atoms with E-state index in [1.54, 1.807) is 6.08 Å². The van der Waals surface area contributed by atoms with Gasteiger partial charge in [0.05, 0.1) is 36.6 Å². The summed E-state index contributed by atoms with van der Waals surface area (Å²) in [5.41, 5.74) is 8.65. The average Bonchev–Trinajstić information content (AvgIpc) is 2.77. The highest BCUT2D eigenvalue weighted by Gasteiger charge is 2.10. The van der Waals surface area contributed by atoms with Crippen molar-refractivity contribution < 1.29 is 9.47 Å². The summed E-state index contributed by atoms with van der Waals surface area (Å²) in [6.07, 6.45) is 2.70. The molecule has 0 atom stereocenters. The van der Waals surface area contributed by atoms with Gasteiger partial charge in [-0.2, -0.15) is 0 Å². The summed E-state index contributed by atoms with van der Waals surface area (Å²) in [4.78, 5) is 22.0. The van der Waals surface area contributed by atoms with E-state index in [0.29, 0.717) is 23.3 Å². The summed E-state index contributed by atoms with van der Waals surface area (Å²) in [5.74, 6) is 0.777. The Morgan fingerprint density at radius 2 is 2.03 bits per heavy atom. The van der Waals surface area contributed by atoms with Crippen LogP contribution in [-0.2, 0) is 4.74 Å². The monoisotopic (exact) mass is 406 g/mol. The molecule has 3 N–H and O–H groups in total. The summed E-state index contributed by atoms with van der Waals surface area (Å²) in [5, 5.41) is 0. The molecule has 1 aromatic heterocycles. The average molecular weight is 406 g/mol. The second-order valence-corrected chi connectivity index (χ2v) is 7.26. The zero-order valence-corrected chi connectivity index (χ0v) is 16.8. The van der Waals surface area contributed by atoms with Crippen molar-refractivity contribution in [3.8, 4) is 5.75 Å². The topological polar surface area (TPSA) is 93.5 Å². The highest BCUT2D eigenvalue weighted by molar-refractivity contribution is 5.81. The second-order valence-electron chi connectivity index (χ2n) is 7.26. The Morgan fingerprint density at radius 1 is 1.20 bits per heavy atom. The van der Waals surface area contributed by atoms with Crippen molar-refractivity contribution in [2.45, 2.75) is 6.42 Å². The van der Waals surface area contributed by atoms with Gasteiger partial charge in [-0.05, 0) is 42.3 Å². The molecule has 1 saturated heterocycles. The maximum atomic E-state index is 12.4. The molecule has 7 nitrogen and oxygen atoms in total. The summed E-state index contributed by atoms with van der Waals surface area (Å²) in [6, 6.07) is 15.0. The van der Waals surface area contributed by atoms with Crippen LogP contribution in [0.3, 0.4) is 0 Å². The standard InChI is InChI=1S/C23H26N4O3/c24-19(22-23(28)26-21-8-2-1-7-20(21)25-22)16-17-5-3-6-18(15-17)30-12-4-9-27-10-13-29-14-11-27/h1-3,5-8,15-16H,4,9-14,24H2,(H,26,28)/b19-16-. The molecule has 156 valence electrons. The highest BCUT2D eigenvalue weighted by atomic mass is 16.5. The van der Waals surface area contributed by atoms with Gasteiger partial charge in [-0.15, -0.1) is 0 Å². The van der Waals surface area contributed by atoms with E-state index in [4.69, 9.17) is 15.2 Å². The Hall–Kier alpha value is -3.16. The minimum Gasteiger partial charge on any atom is -0.494 e. The predicted octanol–water partition coefficient (Wildman–Crippen LogP) is 2.48. The van der Waals surface area contributed by atoms with Gasteiger partial charge in [0.1, 0.15) is 5.75 Å². The molecule has 2 aromatic carbocycles. The van der Waals surface area contributed by atoms with Crippen molar-refractivity contribution in [1.82, 2.24) is 14.9 Å². The fourth-order valence-corrected chi connectivity index (χ4v) is 3.47. The molecule has 0 saturated carbocycles. The number of hydrogen-bond acceptors (Lipinski definition) is 6. The molecule has 1 aliphatic heterocycles. The van der Waals surface area contributed by atoms with Crippen LogP contribution >= 0.6 is 0 Å². The maximum absolute atomic E-state index is 12.4. The molecular formula is C23H26N4O3. The summed E-state index contributed by atoms with van der Waals surface area (Å²) in [6.45, 7) is 5.25. The molecule has 4 rings (SSSR count). The second kappa shape index (κ2) is 9.56. The number of H-pyrrole nitrogens is 1. The lowest BCUT2D eigenvalue weighted by molar-refractivity contribution is 0.0358. The fraction of sp³-hybridized carbons (Fsp3) is 0.304. The molecule has 3 aromatic rings. The number of fused-ring (bicyclic) bond motifs is 1. The van der Waals surface area contributed by atoms with Crippen LogP contribution < -0.4 is 16.0 Å². The van der Waals surface area contributed by atoms with Crippen molar-refractivity contribution in [3.05, 3.63) is 70.1 Å². The zero-order chi connectivity index (χ0) is 20.8.